The van der Waals surface area contributed by atoms with Crippen molar-refractivity contribution in [3.05, 3.63) is 11.7 Å². The zero-order chi connectivity index (χ0) is 11.2. The van der Waals surface area contributed by atoms with Crippen LogP contribution < -0.4 is 5.32 Å². The van der Waals surface area contributed by atoms with Crippen molar-refractivity contribution >= 4 is 0 Å². The summed E-state index contributed by atoms with van der Waals surface area (Å²) in [6.45, 7) is 1.79. The van der Waals surface area contributed by atoms with Gasteiger partial charge in [0.1, 0.15) is 0 Å². The van der Waals surface area contributed by atoms with Crippen molar-refractivity contribution in [1.82, 2.24) is 15.5 Å². The third-order valence-electron chi connectivity index (χ3n) is 2.84. The lowest BCUT2D eigenvalue weighted by Gasteiger charge is -2.19. The molecule has 1 aliphatic heterocycles. The predicted molar refractivity (Wildman–Crippen MR) is 59.1 cm³/mol. The number of aromatic nitrogens is 2. The number of aryl methyl sites for hydroxylation is 1. The van der Waals surface area contributed by atoms with E-state index in [1.165, 1.54) is 12.8 Å². The summed E-state index contributed by atoms with van der Waals surface area (Å²) in [6, 6.07) is 0.262. The number of piperidine rings is 1. The third-order valence-corrected chi connectivity index (χ3v) is 2.84. The van der Waals surface area contributed by atoms with Crippen LogP contribution in [0.4, 0.5) is 0 Å². The Morgan fingerprint density at radius 3 is 3.19 bits per heavy atom. The van der Waals surface area contributed by atoms with E-state index >= 15 is 0 Å². The van der Waals surface area contributed by atoms with Crippen LogP contribution in [0.3, 0.4) is 0 Å². The molecule has 0 bridgehead atoms. The van der Waals surface area contributed by atoms with Gasteiger partial charge in [-0.15, -0.1) is 0 Å². The Morgan fingerprint density at radius 2 is 2.44 bits per heavy atom. The molecule has 0 spiro atoms. The SMILES string of the molecule is COCCCc1noc([C@@H]2CCCCN2)n1. The smallest absolute Gasteiger partial charge is 0.243 e. The molecule has 0 aliphatic carbocycles. The Morgan fingerprint density at radius 1 is 1.50 bits per heavy atom. The van der Waals surface area contributed by atoms with Crippen molar-refractivity contribution in [1.29, 1.82) is 0 Å². The average Bonchev–Trinajstić information content (AvgIpc) is 2.79. The van der Waals surface area contributed by atoms with Crippen LogP contribution in [0, 0.1) is 0 Å². The molecule has 16 heavy (non-hydrogen) atoms. The Balaban J connectivity index is 1.85. The van der Waals surface area contributed by atoms with Gasteiger partial charge in [0.15, 0.2) is 5.82 Å². The highest BCUT2D eigenvalue weighted by Gasteiger charge is 2.20. The van der Waals surface area contributed by atoms with Gasteiger partial charge in [-0.05, 0) is 25.8 Å². The Bertz CT molecular complexity index is 308. The molecule has 90 valence electrons. The summed E-state index contributed by atoms with van der Waals surface area (Å²) in [4.78, 5) is 4.41. The Labute approximate surface area is 95.6 Å². The van der Waals surface area contributed by atoms with Gasteiger partial charge in [-0.2, -0.15) is 4.98 Å². The van der Waals surface area contributed by atoms with Crippen LogP contribution in [-0.2, 0) is 11.2 Å². The highest BCUT2D eigenvalue weighted by atomic mass is 16.5. The van der Waals surface area contributed by atoms with E-state index in [2.05, 4.69) is 15.5 Å². The Kier molecular flexibility index (Phi) is 4.30. The monoisotopic (exact) mass is 225 g/mol. The first-order valence-corrected chi connectivity index (χ1v) is 5.95. The lowest BCUT2D eigenvalue weighted by atomic mass is 10.1. The summed E-state index contributed by atoms with van der Waals surface area (Å²) in [6.07, 6.45) is 5.34. The van der Waals surface area contributed by atoms with Crippen LogP contribution >= 0.6 is 0 Å². The molecule has 0 amide bonds. The van der Waals surface area contributed by atoms with E-state index in [9.17, 15) is 0 Å². The molecular weight excluding hydrogens is 206 g/mol. The number of nitrogens with zero attached hydrogens (tertiary/aromatic N) is 2. The van der Waals surface area contributed by atoms with Gasteiger partial charge in [-0.1, -0.05) is 11.6 Å². The maximum atomic E-state index is 5.27. The molecule has 1 aromatic heterocycles. The summed E-state index contributed by atoms with van der Waals surface area (Å²) < 4.78 is 10.3. The number of rotatable bonds is 5. The molecule has 1 fully saturated rings. The van der Waals surface area contributed by atoms with Gasteiger partial charge >= 0.3 is 0 Å². The van der Waals surface area contributed by atoms with E-state index in [1.807, 2.05) is 0 Å². The molecule has 0 aromatic carbocycles. The summed E-state index contributed by atoms with van der Waals surface area (Å²) in [7, 11) is 1.70. The fourth-order valence-corrected chi connectivity index (χ4v) is 1.95. The molecule has 1 N–H and O–H groups in total. The van der Waals surface area contributed by atoms with E-state index in [4.69, 9.17) is 9.26 Å². The van der Waals surface area contributed by atoms with Gasteiger partial charge in [-0.3, -0.25) is 0 Å². The standard InChI is InChI=1S/C11H19N3O2/c1-15-8-4-6-10-13-11(16-14-10)9-5-2-3-7-12-9/h9,12H,2-8H2,1H3/t9-/m0/s1. The summed E-state index contributed by atoms with van der Waals surface area (Å²) >= 11 is 0. The van der Waals surface area contributed by atoms with Crippen molar-refractivity contribution in [2.75, 3.05) is 20.3 Å². The largest absolute Gasteiger partial charge is 0.385 e. The molecule has 1 saturated heterocycles. The minimum Gasteiger partial charge on any atom is -0.385 e. The highest BCUT2D eigenvalue weighted by Crippen LogP contribution is 2.21. The third kappa shape index (κ3) is 3.02. The molecule has 2 heterocycles. The zero-order valence-corrected chi connectivity index (χ0v) is 9.74. The second-order valence-corrected chi connectivity index (χ2v) is 4.15. The van der Waals surface area contributed by atoms with Crippen LogP contribution in [0.5, 0.6) is 0 Å². The van der Waals surface area contributed by atoms with E-state index in [0.29, 0.717) is 0 Å². The maximum Gasteiger partial charge on any atom is 0.243 e. The molecule has 1 atom stereocenters. The van der Waals surface area contributed by atoms with Gasteiger partial charge in [0, 0.05) is 20.1 Å². The first-order valence-electron chi connectivity index (χ1n) is 5.95. The van der Waals surface area contributed by atoms with Crippen LogP contribution in [0.1, 0.15) is 43.4 Å². The van der Waals surface area contributed by atoms with Crippen molar-refractivity contribution in [3.8, 4) is 0 Å². The summed E-state index contributed by atoms with van der Waals surface area (Å²) in [5.41, 5.74) is 0. The fourth-order valence-electron chi connectivity index (χ4n) is 1.95. The second-order valence-electron chi connectivity index (χ2n) is 4.15. The first kappa shape index (κ1) is 11.5. The normalized spacial score (nSPS) is 21.2. The maximum absolute atomic E-state index is 5.27. The average molecular weight is 225 g/mol. The van der Waals surface area contributed by atoms with Crippen LogP contribution in [0.25, 0.3) is 0 Å². The quantitative estimate of drug-likeness (QED) is 0.769. The van der Waals surface area contributed by atoms with E-state index in [1.54, 1.807) is 7.11 Å². The summed E-state index contributed by atoms with van der Waals surface area (Å²) in [5, 5.41) is 7.38. The van der Waals surface area contributed by atoms with Gasteiger partial charge in [0.05, 0.1) is 6.04 Å². The number of ether oxygens (including phenoxy) is 1. The van der Waals surface area contributed by atoms with Crippen LogP contribution in [-0.4, -0.2) is 30.4 Å². The van der Waals surface area contributed by atoms with Gasteiger partial charge in [0.2, 0.25) is 5.89 Å². The van der Waals surface area contributed by atoms with Crippen LogP contribution in [0.15, 0.2) is 4.52 Å². The molecular formula is C11H19N3O2. The van der Waals surface area contributed by atoms with Gasteiger partial charge in [-0.25, -0.2) is 0 Å². The van der Waals surface area contributed by atoms with E-state index in [-0.39, 0.29) is 6.04 Å². The van der Waals surface area contributed by atoms with E-state index in [0.717, 1.165) is 44.1 Å². The van der Waals surface area contributed by atoms with Crippen molar-refractivity contribution < 1.29 is 9.26 Å². The van der Waals surface area contributed by atoms with Gasteiger partial charge in [0.25, 0.3) is 0 Å². The topological polar surface area (TPSA) is 60.2 Å². The fraction of sp³-hybridized carbons (Fsp3) is 0.818. The van der Waals surface area contributed by atoms with Crippen molar-refractivity contribution in [2.24, 2.45) is 0 Å². The minimum absolute atomic E-state index is 0.262. The van der Waals surface area contributed by atoms with Crippen molar-refractivity contribution in [2.45, 2.75) is 38.1 Å². The second kappa shape index (κ2) is 5.96. The van der Waals surface area contributed by atoms with Crippen LogP contribution in [0.2, 0.25) is 0 Å². The molecule has 5 heteroatoms. The molecule has 1 aromatic rings. The molecule has 5 nitrogen and oxygen atoms in total. The molecule has 0 radical (unpaired) electrons. The molecule has 0 unspecified atom stereocenters. The summed E-state index contributed by atoms with van der Waals surface area (Å²) in [5.74, 6) is 1.53. The van der Waals surface area contributed by atoms with E-state index < -0.39 is 0 Å². The highest BCUT2D eigenvalue weighted by molar-refractivity contribution is 4.94. The first-order chi connectivity index (χ1) is 7.90. The number of nitrogens with one attached hydrogen (secondary N) is 1. The van der Waals surface area contributed by atoms with Gasteiger partial charge < -0.3 is 14.6 Å². The molecule has 2 rings (SSSR count). The molecule has 0 saturated carbocycles. The lowest BCUT2D eigenvalue weighted by molar-refractivity contribution is 0.194. The molecule has 1 aliphatic rings. The number of hydrogen-bond acceptors (Lipinski definition) is 5. The minimum atomic E-state index is 0.262. The zero-order valence-electron chi connectivity index (χ0n) is 9.74. The Hall–Kier alpha value is -0.940. The van der Waals surface area contributed by atoms with Crippen molar-refractivity contribution in [3.63, 3.8) is 0 Å². The predicted octanol–water partition coefficient (Wildman–Crippen LogP) is 1.46. The number of hydrogen-bond donors (Lipinski definition) is 1. The number of methoxy groups -OCH3 is 1. The lowest BCUT2D eigenvalue weighted by Crippen LogP contribution is -2.27.